The number of halogens is 2. The van der Waals surface area contributed by atoms with Crippen molar-refractivity contribution < 1.29 is 13.6 Å². The molecule has 2 atom stereocenters. The van der Waals surface area contributed by atoms with Crippen LogP contribution in [0.4, 0.5) is 8.78 Å². The maximum absolute atomic E-state index is 13.1. The van der Waals surface area contributed by atoms with Crippen LogP contribution in [-0.4, -0.2) is 42.9 Å². The molecule has 0 radical (unpaired) electrons. The maximum atomic E-state index is 13.1. The molecule has 3 aliphatic rings. The van der Waals surface area contributed by atoms with Crippen LogP contribution < -0.4 is 5.32 Å². The molecule has 2 saturated heterocycles. The number of carbonyl (C=O) groups excluding carboxylic acids is 1. The summed E-state index contributed by atoms with van der Waals surface area (Å²) in [4.78, 5) is 14.2. The van der Waals surface area contributed by atoms with Crippen molar-refractivity contribution in [2.45, 2.75) is 31.6 Å². The number of likely N-dealkylation sites (tertiary alicyclic amines) is 1. The molecule has 1 amide bonds. The van der Waals surface area contributed by atoms with E-state index in [1.807, 2.05) is 4.90 Å². The Morgan fingerprint density at radius 1 is 1.11 bits per heavy atom. The van der Waals surface area contributed by atoms with Crippen molar-refractivity contribution in [1.29, 1.82) is 0 Å². The van der Waals surface area contributed by atoms with E-state index in [9.17, 15) is 13.6 Å². The second-order valence-electron chi connectivity index (χ2n) is 6.05. The van der Waals surface area contributed by atoms with Crippen LogP contribution in [0.3, 0.4) is 0 Å². The molecule has 3 nitrogen and oxygen atoms in total. The number of hydrogen-bond acceptors (Lipinski definition) is 2. The summed E-state index contributed by atoms with van der Waals surface area (Å²) in [5.41, 5.74) is 0. The van der Waals surface area contributed by atoms with Gasteiger partial charge in [-0.05, 0) is 24.7 Å². The van der Waals surface area contributed by atoms with E-state index < -0.39 is 5.92 Å². The molecule has 1 aliphatic carbocycles. The first kappa shape index (κ1) is 12.3. The van der Waals surface area contributed by atoms with Crippen LogP contribution >= 0.6 is 0 Å². The van der Waals surface area contributed by atoms with E-state index in [1.165, 1.54) is 0 Å². The normalized spacial score (nSPS) is 35.8. The van der Waals surface area contributed by atoms with Gasteiger partial charge in [-0.3, -0.25) is 4.79 Å². The van der Waals surface area contributed by atoms with E-state index in [2.05, 4.69) is 5.32 Å². The van der Waals surface area contributed by atoms with Crippen LogP contribution in [0, 0.1) is 17.8 Å². The molecule has 2 heterocycles. The molecule has 0 aromatic rings. The lowest BCUT2D eigenvalue weighted by Gasteiger charge is -2.30. The van der Waals surface area contributed by atoms with Gasteiger partial charge in [-0.25, -0.2) is 8.78 Å². The Kier molecular flexibility index (Phi) is 3.04. The Morgan fingerprint density at radius 3 is 2.22 bits per heavy atom. The van der Waals surface area contributed by atoms with Gasteiger partial charge < -0.3 is 10.2 Å². The van der Waals surface area contributed by atoms with E-state index in [4.69, 9.17) is 0 Å². The molecule has 18 heavy (non-hydrogen) atoms. The fourth-order valence-electron chi connectivity index (χ4n) is 3.58. The number of amides is 1. The van der Waals surface area contributed by atoms with Crippen LogP contribution in [0.25, 0.3) is 0 Å². The van der Waals surface area contributed by atoms with Gasteiger partial charge in [0, 0.05) is 44.9 Å². The first-order valence-corrected chi connectivity index (χ1v) is 6.92. The second-order valence-corrected chi connectivity index (χ2v) is 6.05. The molecular weight excluding hydrogens is 238 g/mol. The summed E-state index contributed by atoms with van der Waals surface area (Å²) in [6, 6.07) is 0. The second kappa shape index (κ2) is 4.44. The van der Waals surface area contributed by atoms with Gasteiger partial charge in [0.2, 0.25) is 11.8 Å². The molecular formula is C13H20F2N2O. The molecule has 2 unspecified atom stereocenters. The fraction of sp³-hybridized carbons (Fsp3) is 0.923. The average molecular weight is 258 g/mol. The summed E-state index contributed by atoms with van der Waals surface area (Å²) in [5.74, 6) is -1.41. The highest BCUT2D eigenvalue weighted by atomic mass is 19.3. The van der Waals surface area contributed by atoms with Gasteiger partial charge in [-0.1, -0.05) is 0 Å². The van der Waals surface area contributed by atoms with Crippen LogP contribution in [0.15, 0.2) is 0 Å². The summed E-state index contributed by atoms with van der Waals surface area (Å²) in [6.45, 7) is 3.64. The van der Waals surface area contributed by atoms with Gasteiger partial charge in [0.25, 0.3) is 0 Å². The Hall–Kier alpha value is -0.710. The van der Waals surface area contributed by atoms with E-state index in [1.54, 1.807) is 0 Å². The highest BCUT2D eigenvalue weighted by molar-refractivity contribution is 5.79. The quantitative estimate of drug-likeness (QED) is 0.773. The van der Waals surface area contributed by atoms with Gasteiger partial charge >= 0.3 is 0 Å². The minimum atomic E-state index is -2.54. The molecule has 2 aliphatic heterocycles. The number of nitrogens with one attached hydrogen (secondary N) is 1. The molecule has 102 valence electrons. The zero-order valence-electron chi connectivity index (χ0n) is 10.5. The first-order valence-electron chi connectivity index (χ1n) is 6.92. The molecule has 3 rings (SSSR count). The van der Waals surface area contributed by atoms with Gasteiger partial charge in [-0.2, -0.15) is 0 Å². The SMILES string of the molecule is O=C(C1CCC(F)(F)CC1)N1CC2CNCC2C1. The van der Waals surface area contributed by atoms with Crippen molar-refractivity contribution in [2.75, 3.05) is 26.2 Å². The summed E-state index contributed by atoms with van der Waals surface area (Å²) < 4.78 is 26.1. The monoisotopic (exact) mass is 258 g/mol. The van der Waals surface area contributed by atoms with E-state index >= 15 is 0 Å². The average Bonchev–Trinajstić information content (AvgIpc) is 2.88. The fourth-order valence-corrected chi connectivity index (χ4v) is 3.58. The van der Waals surface area contributed by atoms with Crippen molar-refractivity contribution in [2.24, 2.45) is 17.8 Å². The van der Waals surface area contributed by atoms with Gasteiger partial charge in [0.1, 0.15) is 0 Å². The van der Waals surface area contributed by atoms with Gasteiger partial charge in [0.05, 0.1) is 0 Å². The largest absolute Gasteiger partial charge is 0.342 e. The number of nitrogens with zero attached hydrogens (tertiary/aromatic N) is 1. The molecule has 0 bridgehead atoms. The Labute approximate surface area is 106 Å². The van der Waals surface area contributed by atoms with Crippen molar-refractivity contribution in [3.8, 4) is 0 Å². The Bertz CT molecular complexity index is 326. The molecule has 0 aromatic heterocycles. The van der Waals surface area contributed by atoms with Crippen LogP contribution in [0.2, 0.25) is 0 Å². The van der Waals surface area contributed by atoms with Crippen molar-refractivity contribution in [1.82, 2.24) is 10.2 Å². The molecule has 3 fully saturated rings. The molecule has 5 heteroatoms. The van der Waals surface area contributed by atoms with E-state index in [-0.39, 0.29) is 24.7 Å². The Balaban J connectivity index is 1.56. The van der Waals surface area contributed by atoms with Crippen molar-refractivity contribution in [3.63, 3.8) is 0 Å². The molecule has 1 saturated carbocycles. The molecule has 0 spiro atoms. The van der Waals surface area contributed by atoms with E-state index in [0.717, 1.165) is 26.2 Å². The highest BCUT2D eigenvalue weighted by Crippen LogP contribution is 2.38. The number of carbonyl (C=O) groups is 1. The zero-order chi connectivity index (χ0) is 12.8. The highest BCUT2D eigenvalue weighted by Gasteiger charge is 2.42. The van der Waals surface area contributed by atoms with Crippen LogP contribution in [0.5, 0.6) is 0 Å². The van der Waals surface area contributed by atoms with Crippen molar-refractivity contribution >= 4 is 5.91 Å². The third-order valence-corrected chi connectivity index (χ3v) is 4.77. The lowest BCUT2D eigenvalue weighted by Crippen LogP contribution is -2.39. The van der Waals surface area contributed by atoms with Gasteiger partial charge in [-0.15, -0.1) is 0 Å². The summed E-state index contributed by atoms with van der Waals surface area (Å²) in [6.07, 6.45) is 0.475. The summed E-state index contributed by atoms with van der Waals surface area (Å²) >= 11 is 0. The third kappa shape index (κ3) is 2.25. The number of rotatable bonds is 1. The summed E-state index contributed by atoms with van der Waals surface area (Å²) in [5, 5.41) is 3.34. The number of alkyl halides is 2. The maximum Gasteiger partial charge on any atom is 0.248 e. The smallest absolute Gasteiger partial charge is 0.248 e. The standard InChI is InChI=1S/C13H20F2N2O/c14-13(15)3-1-9(2-4-13)12(18)17-7-10-5-16-6-11(10)8-17/h9-11,16H,1-8H2. The predicted molar refractivity (Wildman–Crippen MR) is 63.3 cm³/mol. The minimum absolute atomic E-state index is 0.119. The van der Waals surface area contributed by atoms with E-state index in [0.29, 0.717) is 24.7 Å². The number of hydrogen-bond donors (Lipinski definition) is 1. The van der Waals surface area contributed by atoms with Crippen LogP contribution in [-0.2, 0) is 4.79 Å². The Morgan fingerprint density at radius 2 is 1.67 bits per heavy atom. The predicted octanol–water partition coefficient (Wildman–Crippen LogP) is 1.49. The molecule has 0 aromatic carbocycles. The van der Waals surface area contributed by atoms with Gasteiger partial charge in [0.15, 0.2) is 0 Å². The third-order valence-electron chi connectivity index (χ3n) is 4.77. The summed E-state index contributed by atoms with van der Waals surface area (Å²) in [7, 11) is 0. The lowest BCUT2D eigenvalue weighted by atomic mass is 9.86. The topological polar surface area (TPSA) is 32.3 Å². The number of fused-ring (bicyclic) bond motifs is 1. The minimum Gasteiger partial charge on any atom is -0.342 e. The first-order chi connectivity index (χ1) is 8.55. The molecule has 1 N–H and O–H groups in total. The lowest BCUT2D eigenvalue weighted by molar-refractivity contribution is -0.138. The zero-order valence-corrected chi connectivity index (χ0v) is 10.5. The van der Waals surface area contributed by atoms with Crippen molar-refractivity contribution in [3.05, 3.63) is 0 Å². The van der Waals surface area contributed by atoms with Crippen LogP contribution in [0.1, 0.15) is 25.7 Å².